The molecule has 17 heavy (non-hydrogen) atoms. The van der Waals surface area contributed by atoms with Crippen LogP contribution < -0.4 is 10.6 Å². The summed E-state index contributed by atoms with van der Waals surface area (Å²) < 4.78 is 5.57. The van der Waals surface area contributed by atoms with Gasteiger partial charge in [-0.2, -0.15) is 0 Å². The minimum atomic E-state index is 0. The number of ether oxygens (including phenoxy) is 1. The summed E-state index contributed by atoms with van der Waals surface area (Å²) in [5, 5.41) is 6.54. The van der Waals surface area contributed by atoms with Crippen molar-refractivity contribution in [2.24, 2.45) is 4.99 Å². The predicted octanol–water partition coefficient (Wildman–Crippen LogP) is 2.14. The van der Waals surface area contributed by atoms with E-state index in [0.717, 1.165) is 32.1 Å². The van der Waals surface area contributed by atoms with Gasteiger partial charge in [-0.3, -0.25) is 4.99 Å². The molecule has 4 nitrogen and oxygen atoms in total. The molecule has 2 N–H and O–H groups in total. The zero-order chi connectivity index (χ0) is 11.8. The van der Waals surface area contributed by atoms with E-state index in [1.807, 2.05) is 0 Å². The number of halogens is 1. The van der Waals surface area contributed by atoms with Crippen LogP contribution in [0.25, 0.3) is 0 Å². The lowest BCUT2D eigenvalue weighted by atomic mass is 10.2. The molecule has 5 heteroatoms. The summed E-state index contributed by atoms with van der Waals surface area (Å²) in [6.45, 7) is 8.99. The minimum absolute atomic E-state index is 0. The lowest BCUT2D eigenvalue weighted by Crippen LogP contribution is -2.41. The number of guanidine groups is 1. The average molecular weight is 355 g/mol. The Kier molecular flexibility index (Phi) is 9.91. The maximum absolute atomic E-state index is 5.57. The van der Waals surface area contributed by atoms with Gasteiger partial charge in [0.05, 0.1) is 6.10 Å². The van der Waals surface area contributed by atoms with Crippen molar-refractivity contribution in [3.05, 3.63) is 0 Å². The fourth-order valence-corrected chi connectivity index (χ4v) is 1.79. The maximum Gasteiger partial charge on any atom is 0.191 e. The van der Waals surface area contributed by atoms with Gasteiger partial charge in [0.25, 0.3) is 0 Å². The fraction of sp³-hybridized carbons (Fsp3) is 0.917. The van der Waals surface area contributed by atoms with E-state index < -0.39 is 0 Å². The molecule has 1 aliphatic rings. The van der Waals surface area contributed by atoms with Crippen LogP contribution in [-0.2, 0) is 4.74 Å². The van der Waals surface area contributed by atoms with Crippen LogP contribution in [0.4, 0.5) is 0 Å². The Morgan fingerprint density at radius 3 is 2.76 bits per heavy atom. The highest BCUT2D eigenvalue weighted by Gasteiger charge is 2.14. The summed E-state index contributed by atoms with van der Waals surface area (Å²) in [6.07, 6.45) is 3.88. The van der Waals surface area contributed by atoms with Crippen molar-refractivity contribution in [1.29, 1.82) is 0 Å². The predicted molar refractivity (Wildman–Crippen MR) is 83.3 cm³/mol. The molecule has 0 radical (unpaired) electrons. The van der Waals surface area contributed by atoms with Crippen LogP contribution in [0.1, 0.15) is 40.0 Å². The number of aliphatic imine (C=N–C) groups is 1. The van der Waals surface area contributed by atoms with Gasteiger partial charge in [0.2, 0.25) is 0 Å². The molecule has 1 aliphatic heterocycles. The largest absolute Gasteiger partial charge is 0.378 e. The van der Waals surface area contributed by atoms with Gasteiger partial charge in [-0.05, 0) is 40.0 Å². The van der Waals surface area contributed by atoms with Crippen LogP contribution >= 0.6 is 24.0 Å². The summed E-state index contributed by atoms with van der Waals surface area (Å²) in [7, 11) is 0. The van der Waals surface area contributed by atoms with Crippen molar-refractivity contribution in [3.63, 3.8) is 0 Å². The summed E-state index contributed by atoms with van der Waals surface area (Å²) >= 11 is 0. The molecule has 0 aromatic rings. The molecule has 1 fully saturated rings. The molecule has 1 heterocycles. The first-order chi connectivity index (χ1) is 7.72. The second-order valence-electron chi connectivity index (χ2n) is 4.48. The molecule has 0 aromatic heterocycles. The molecule has 0 amide bonds. The van der Waals surface area contributed by atoms with E-state index in [1.165, 1.54) is 12.8 Å². The highest BCUT2D eigenvalue weighted by molar-refractivity contribution is 14.0. The van der Waals surface area contributed by atoms with E-state index in [2.05, 4.69) is 36.4 Å². The van der Waals surface area contributed by atoms with Crippen molar-refractivity contribution in [1.82, 2.24) is 10.6 Å². The first-order valence-electron chi connectivity index (χ1n) is 6.38. The molecule has 102 valence electrons. The van der Waals surface area contributed by atoms with Crippen molar-refractivity contribution in [3.8, 4) is 0 Å². The van der Waals surface area contributed by atoms with Crippen LogP contribution in [0.2, 0.25) is 0 Å². The number of hydrogen-bond donors (Lipinski definition) is 2. The molecular formula is C12H26IN3O. The Morgan fingerprint density at radius 1 is 1.47 bits per heavy atom. The summed E-state index contributed by atoms with van der Waals surface area (Å²) in [5.74, 6) is 0.912. The third-order valence-corrected chi connectivity index (χ3v) is 2.51. The molecule has 1 rings (SSSR count). The topological polar surface area (TPSA) is 45.7 Å². The van der Waals surface area contributed by atoms with E-state index in [9.17, 15) is 0 Å². The maximum atomic E-state index is 5.57. The van der Waals surface area contributed by atoms with Crippen molar-refractivity contribution in [2.75, 3.05) is 19.7 Å². The number of nitrogens with one attached hydrogen (secondary N) is 2. The van der Waals surface area contributed by atoms with E-state index in [4.69, 9.17) is 4.74 Å². The fourth-order valence-electron chi connectivity index (χ4n) is 1.79. The molecule has 0 bridgehead atoms. The molecule has 1 saturated heterocycles. The van der Waals surface area contributed by atoms with Gasteiger partial charge in [-0.1, -0.05) is 0 Å². The second-order valence-corrected chi connectivity index (χ2v) is 4.48. The highest BCUT2D eigenvalue weighted by atomic mass is 127. The monoisotopic (exact) mass is 355 g/mol. The van der Waals surface area contributed by atoms with Gasteiger partial charge in [0, 0.05) is 25.7 Å². The lowest BCUT2D eigenvalue weighted by molar-refractivity contribution is 0.106. The third-order valence-electron chi connectivity index (χ3n) is 2.51. The molecule has 0 aliphatic carbocycles. The second kappa shape index (κ2) is 9.94. The van der Waals surface area contributed by atoms with Crippen LogP contribution in [0.5, 0.6) is 0 Å². The molecule has 0 saturated carbocycles. The van der Waals surface area contributed by atoms with E-state index in [0.29, 0.717) is 12.1 Å². The molecule has 0 spiro atoms. The molecule has 1 atom stereocenters. The zero-order valence-electron chi connectivity index (χ0n) is 11.2. The summed E-state index contributed by atoms with van der Waals surface area (Å²) in [5.41, 5.74) is 0. The molecule has 1 unspecified atom stereocenters. The quantitative estimate of drug-likeness (QED) is 0.451. The lowest BCUT2D eigenvalue weighted by Gasteiger charge is -2.14. The van der Waals surface area contributed by atoms with Crippen LogP contribution in [0.15, 0.2) is 4.99 Å². The van der Waals surface area contributed by atoms with Crippen LogP contribution in [0.3, 0.4) is 0 Å². The van der Waals surface area contributed by atoms with Gasteiger partial charge in [-0.25, -0.2) is 0 Å². The Balaban J connectivity index is 0.00000256. The summed E-state index contributed by atoms with van der Waals surface area (Å²) in [6, 6.07) is 0.417. The third kappa shape index (κ3) is 7.81. The van der Waals surface area contributed by atoms with Gasteiger partial charge >= 0.3 is 0 Å². The number of hydrogen-bond acceptors (Lipinski definition) is 2. The van der Waals surface area contributed by atoms with Crippen LogP contribution in [0, 0.1) is 0 Å². The van der Waals surface area contributed by atoms with E-state index >= 15 is 0 Å². The Morgan fingerprint density at radius 2 is 2.24 bits per heavy atom. The number of nitrogens with zero attached hydrogens (tertiary/aromatic N) is 1. The standard InChI is InChI=1S/C12H25N3O.HI/c1-4-13-12(15-10(2)3)14-8-7-11-6-5-9-16-11;/h10-11H,4-9H2,1-3H3,(H2,13,14,15);1H. The number of rotatable bonds is 5. The SMILES string of the molecule is CCNC(=NCCC1CCCO1)NC(C)C.I. The molecular weight excluding hydrogens is 329 g/mol. The van der Waals surface area contributed by atoms with Crippen molar-refractivity contribution >= 4 is 29.9 Å². The van der Waals surface area contributed by atoms with E-state index in [1.54, 1.807) is 0 Å². The smallest absolute Gasteiger partial charge is 0.191 e. The van der Waals surface area contributed by atoms with Gasteiger partial charge < -0.3 is 15.4 Å². The van der Waals surface area contributed by atoms with Crippen molar-refractivity contribution < 1.29 is 4.74 Å². The Hall–Kier alpha value is -0.0400. The van der Waals surface area contributed by atoms with Crippen molar-refractivity contribution in [2.45, 2.75) is 52.2 Å². The first kappa shape index (κ1) is 17.0. The average Bonchev–Trinajstić information content (AvgIpc) is 2.70. The summed E-state index contributed by atoms with van der Waals surface area (Å²) in [4.78, 5) is 4.53. The molecule has 0 aromatic carbocycles. The van der Waals surface area contributed by atoms with Gasteiger partial charge in [0.15, 0.2) is 5.96 Å². The highest BCUT2D eigenvalue weighted by Crippen LogP contribution is 2.14. The normalized spacial score (nSPS) is 20.2. The Bertz CT molecular complexity index is 216. The van der Waals surface area contributed by atoms with E-state index in [-0.39, 0.29) is 24.0 Å². The Labute approximate surface area is 122 Å². The van der Waals surface area contributed by atoms with Gasteiger partial charge in [-0.15, -0.1) is 24.0 Å². The first-order valence-corrected chi connectivity index (χ1v) is 6.38. The zero-order valence-corrected chi connectivity index (χ0v) is 13.5. The van der Waals surface area contributed by atoms with Gasteiger partial charge in [0.1, 0.15) is 0 Å². The van der Waals surface area contributed by atoms with Crippen LogP contribution in [-0.4, -0.2) is 37.8 Å². The minimum Gasteiger partial charge on any atom is -0.378 e.